The zero-order valence-electron chi connectivity index (χ0n) is 9.57. The van der Waals surface area contributed by atoms with Gasteiger partial charge in [-0.25, -0.2) is 4.39 Å². The van der Waals surface area contributed by atoms with Gasteiger partial charge >= 0.3 is 0 Å². The smallest absolute Gasteiger partial charge is 0.140 e. The topological polar surface area (TPSA) is 24.9 Å². The van der Waals surface area contributed by atoms with E-state index in [1.54, 1.807) is 6.20 Å². The molecule has 1 aliphatic rings. The number of rotatable bonds is 2. The number of pyridine rings is 1. The highest BCUT2D eigenvalue weighted by atomic mass is 19.1. The lowest BCUT2D eigenvalue weighted by Gasteiger charge is -2.16. The van der Waals surface area contributed by atoms with Crippen LogP contribution in [-0.2, 0) is 0 Å². The van der Waals surface area contributed by atoms with Crippen molar-refractivity contribution in [1.29, 1.82) is 0 Å². The first-order valence-electron chi connectivity index (χ1n) is 6.07. The van der Waals surface area contributed by atoms with Crippen molar-refractivity contribution in [3.8, 4) is 0 Å². The molecule has 0 radical (unpaired) electrons. The molecule has 2 aromatic rings. The van der Waals surface area contributed by atoms with Crippen LogP contribution < -0.4 is 5.32 Å². The van der Waals surface area contributed by atoms with E-state index in [0.717, 1.165) is 35.9 Å². The van der Waals surface area contributed by atoms with Gasteiger partial charge in [0.1, 0.15) is 6.17 Å². The van der Waals surface area contributed by atoms with Gasteiger partial charge in [0.05, 0.1) is 5.52 Å². The molecule has 0 bridgehead atoms. The Hall–Kier alpha value is -1.48. The summed E-state index contributed by atoms with van der Waals surface area (Å²) in [4.78, 5) is 4.24. The van der Waals surface area contributed by atoms with Crippen LogP contribution in [0.1, 0.15) is 24.6 Å². The second kappa shape index (κ2) is 4.41. The number of nitrogens with zero attached hydrogens (tertiary/aromatic N) is 1. The van der Waals surface area contributed by atoms with Crippen LogP contribution in [-0.4, -0.2) is 17.6 Å². The van der Waals surface area contributed by atoms with Gasteiger partial charge in [-0.1, -0.05) is 12.1 Å². The molecule has 3 rings (SSSR count). The molecule has 17 heavy (non-hydrogen) atoms. The molecule has 0 spiro atoms. The van der Waals surface area contributed by atoms with Crippen molar-refractivity contribution in [2.75, 3.05) is 6.54 Å². The number of fused-ring (bicyclic) bond motifs is 1. The van der Waals surface area contributed by atoms with Crippen LogP contribution in [0.5, 0.6) is 0 Å². The molecule has 1 aliphatic heterocycles. The zero-order valence-corrected chi connectivity index (χ0v) is 9.57. The maximum absolute atomic E-state index is 14.3. The lowest BCUT2D eigenvalue weighted by atomic mass is 10.0. The third kappa shape index (κ3) is 2.03. The first-order chi connectivity index (χ1) is 8.34. The Bertz CT molecular complexity index is 520. The van der Waals surface area contributed by atoms with Crippen molar-refractivity contribution in [3.05, 3.63) is 42.1 Å². The number of hydrogen-bond donors (Lipinski definition) is 1. The summed E-state index contributed by atoms with van der Waals surface area (Å²) in [5.41, 5.74) is 1.67. The molecule has 3 heteroatoms. The van der Waals surface area contributed by atoms with Crippen molar-refractivity contribution in [1.82, 2.24) is 10.3 Å². The van der Waals surface area contributed by atoms with E-state index < -0.39 is 6.17 Å². The predicted molar refractivity (Wildman–Crippen MR) is 66.6 cm³/mol. The summed E-state index contributed by atoms with van der Waals surface area (Å²) in [6.07, 6.45) is 2.84. The zero-order chi connectivity index (χ0) is 11.7. The minimum atomic E-state index is -0.915. The third-order valence-corrected chi connectivity index (χ3v) is 3.40. The van der Waals surface area contributed by atoms with Crippen LogP contribution in [0.4, 0.5) is 4.39 Å². The fourth-order valence-electron chi connectivity index (χ4n) is 2.46. The average molecular weight is 230 g/mol. The molecule has 88 valence electrons. The minimum absolute atomic E-state index is 0.0240. The van der Waals surface area contributed by atoms with Crippen LogP contribution in [0.2, 0.25) is 0 Å². The molecule has 1 aromatic heterocycles. The van der Waals surface area contributed by atoms with Gasteiger partial charge in [-0.3, -0.25) is 4.98 Å². The number of benzene rings is 1. The maximum atomic E-state index is 14.3. The number of aromatic nitrogens is 1. The van der Waals surface area contributed by atoms with E-state index in [1.807, 2.05) is 30.3 Å². The lowest BCUT2D eigenvalue weighted by molar-refractivity contribution is 0.271. The number of nitrogens with one attached hydrogen (secondary N) is 1. The Morgan fingerprint density at radius 3 is 3.12 bits per heavy atom. The summed E-state index contributed by atoms with van der Waals surface area (Å²) in [5.74, 6) is 0. The monoisotopic (exact) mass is 230 g/mol. The SMILES string of the molecule is FC(c1ccc2ncccc2c1)C1CCCN1. The van der Waals surface area contributed by atoms with E-state index in [4.69, 9.17) is 0 Å². The molecule has 2 atom stereocenters. The van der Waals surface area contributed by atoms with E-state index in [9.17, 15) is 4.39 Å². The van der Waals surface area contributed by atoms with Crippen LogP contribution in [0.15, 0.2) is 36.5 Å². The van der Waals surface area contributed by atoms with Crippen LogP contribution in [0, 0.1) is 0 Å². The van der Waals surface area contributed by atoms with Gasteiger partial charge in [-0.2, -0.15) is 0 Å². The Balaban J connectivity index is 1.94. The summed E-state index contributed by atoms with van der Waals surface area (Å²) in [5, 5.41) is 4.22. The van der Waals surface area contributed by atoms with Gasteiger partial charge in [-0.05, 0) is 43.1 Å². The van der Waals surface area contributed by atoms with Crippen LogP contribution >= 0.6 is 0 Å². The summed E-state index contributed by atoms with van der Waals surface area (Å²) < 4.78 is 14.3. The van der Waals surface area contributed by atoms with Gasteiger partial charge in [0, 0.05) is 17.6 Å². The van der Waals surface area contributed by atoms with Crippen molar-refractivity contribution < 1.29 is 4.39 Å². The van der Waals surface area contributed by atoms with E-state index in [0.29, 0.717) is 0 Å². The Kier molecular flexibility index (Phi) is 2.77. The summed E-state index contributed by atoms with van der Waals surface area (Å²) in [6.45, 7) is 0.931. The van der Waals surface area contributed by atoms with Gasteiger partial charge in [0.25, 0.3) is 0 Å². The molecule has 2 unspecified atom stereocenters. The van der Waals surface area contributed by atoms with Crippen molar-refractivity contribution >= 4 is 10.9 Å². The van der Waals surface area contributed by atoms with Gasteiger partial charge < -0.3 is 5.32 Å². The van der Waals surface area contributed by atoms with E-state index in [1.165, 1.54) is 0 Å². The molecule has 1 saturated heterocycles. The van der Waals surface area contributed by atoms with E-state index in [2.05, 4.69) is 10.3 Å². The molecule has 0 saturated carbocycles. The molecule has 1 fully saturated rings. The van der Waals surface area contributed by atoms with E-state index >= 15 is 0 Å². The lowest BCUT2D eigenvalue weighted by Crippen LogP contribution is -2.26. The molecule has 2 heterocycles. The molecular formula is C14H15FN2. The minimum Gasteiger partial charge on any atom is -0.311 e. The molecule has 1 N–H and O–H groups in total. The summed E-state index contributed by atoms with van der Waals surface area (Å²) >= 11 is 0. The van der Waals surface area contributed by atoms with Crippen molar-refractivity contribution in [2.24, 2.45) is 0 Å². The van der Waals surface area contributed by atoms with Crippen LogP contribution in [0.3, 0.4) is 0 Å². The first-order valence-corrected chi connectivity index (χ1v) is 6.07. The first kappa shape index (κ1) is 10.7. The molecule has 0 amide bonds. The van der Waals surface area contributed by atoms with Gasteiger partial charge in [-0.15, -0.1) is 0 Å². The van der Waals surface area contributed by atoms with E-state index in [-0.39, 0.29) is 6.04 Å². The van der Waals surface area contributed by atoms with Gasteiger partial charge in [0.15, 0.2) is 0 Å². The fraction of sp³-hybridized carbons (Fsp3) is 0.357. The Morgan fingerprint density at radius 1 is 1.35 bits per heavy atom. The largest absolute Gasteiger partial charge is 0.311 e. The van der Waals surface area contributed by atoms with Gasteiger partial charge in [0.2, 0.25) is 0 Å². The fourth-order valence-corrected chi connectivity index (χ4v) is 2.46. The highest BCUT2D eigenvalue weighted by Crippen LogP contribution is 2.28. The molecular weight excluding hydrogens is 215 g/mol. The molecule has 2 nitrogen and oxygen atoms in total. The Labute approximate surface area is 99.9 Å². The average Bonchev–Trinajstić information content (AvgIpc) is 2.91. The maximum Gasteiger partial charge on any atom is 0.140 e. The predicted octanol–water partition coefficient (Wildman–Crippen LogP) is 3.00. The highest BCUT2D eigenvalue weighted by Gasteiger charge is 2.25. The highest BCUT2D eigenvalue weighted by molar-refractivity contribution is 5.79. The standard InChI is InChI=1S/C14H15FN2/c15-14(13-4-2-8-17-13)11-5-6-12-10(9-11)3-1-7-16-12/h1,3,5-7,9,13-14,17H,2,4,8H2. The second-order valence-corrected chi connectivity index (χ2v) is 4.56. The molecule has 0 aliphatic carbocycles. The number of alkyl halides is 1. The van der Waals surface area contributed by atoms with Crippen molar-refractivity contribution in [3.63, 3.8) is 0 Å². The number of hydrogen-bond acceptors (Lipinski definition) is 2. The quantitative estimate of drug-likeness (QED) is 0.857. The van der Waals surface area contributed by atoms with Crippen molar-refractivity contribution in [2.45, 2.75) is 25.1 Å². The Morgan fingerprint density at radius 2 is 2.29 bits per heavy atom. The van der Waals surface area contributed by atoms with Crippen LogP contribution in [0.25, 0.3) is 10.9 Å². The number of halogens is 1. The molecule has 1 aromatic carbocycles. The summed E-state index contributed by atoms with van der Waals surface area (Å²) in [6, 6.07) is 9.48. The summed E-state index contributed by atoms with van der Waals surface area (Å²) in [7, 11) is 0. The normalized spacial score (nSPS) is 21.8. The second-order valence-electron chi connectivity index (χ2n) is 4.56. The third-order valence-electron chi connectivity index (χ3n) is 3.40.